The molecular formula is C13H19N5O. The SMILES string of the molecule is CNc1nc(C)nc(Oc2c(C)nn(C)c2C)c1C. The zero-order chi connectivity index (χ0) is 14.2. The van der Waals surface area contributed by atoms with Gasteiger partial charge in [-0.3, -0.25) is 4.68 Å². The number of ether oxygens (including phenoxy) is 1. The summed E-state index contributed by atoms with van der Waals surface area (Å²) in [6.07, 6.45) is 0. The van der Waals surface area contributed by atoms with Crippen LogP contribution in [0.1, 0.15) is 22.8 Å². The first kappa shape index (κ1) is 13.3. The van der Waals surface area contributed by atoms with Crippen molar-refractivity contribution in [3.8, 4) is 11.6 Å². The number of nitrogens with zero attached hydrogens (tertiary/aromatic N) is 4. The molecule has 102 valence electrons. The van der Waals surface area contributed by atoms with E-state index in [1.54, 1.807) is 4.68 Å². The van der Waals surface area contributed by atoms with E-state index in [0.29, 0.717) is 11.7 Å². The molecule has 0 unspecified atom stereocenters. The van der Waals surface area contributed by atoms with Crippen LogP contribution in [-0.4, -0.2) is 26.8 Å². The van der Waals surface area contributed by atoms with Crippen molar-refractivity contribution in [2.75, 3.05) is 12.4 Å². The zero-order valence-corrected chi connectivity index (χ0v) is 12.2. The van der Waals surface area contributed by atoms with E-state index in [4.69, 9.17) is 4.74 Å². The Balaban J connectivity index is 2.46. The van der Waals surface area contributed by atoms with E-state index >= 15 is 0 Å². The van der Waals surface area contributed by atoms with E-state index in [2.05, 4.69) is 20.4 Å². The molecule has 2 aromatic rings. The summed E-state index contributed by atoms with van der Waals surface area (Å²) in [6, 6.07) is 0. The van der Waals surface area contributed by atoms with Crippen molar-refractivity contribution >= 4 is 5.82 Å². The monoisotopic (exact) mass is 261 g/mol. The van der Waals surface area contributed by atoms with Gasteiger partial charge in [0.15, 0.2) is 5.75 Å². The van der Waals surface area contributed by atoms with Gasteiger partial charge in [0.2, 0.25) is 5.88 Å². The highest BCUT2D eigenvalue weighted by molar-refractivity contribution is 5.49. The summed E-state index contributed by atoms with van der Waals surface area (Å²) in [4.78, 5) is 8.68. The number of hydrogen-bond acceptors (Lipinski definition) is 5. The predicted octanol–water partition coefficient (Wildman–Crippen LogP) is 2.28. The fourth-order valence-electron chi connectivity index (χ4n) is 1.94. The molecule has 0 spiro atoms. The highest BCUT2D eigenvalue weighted by atomic mass is 16.5. The minimum absolute atomic E-state index is 0.566. The summed E-state index contributed by atoms with van der Waals surface area (Å²) >= 11 is 0. The molecule has 1 N–H and O–H groups in total. The van der Waals surface area contributed by atoms with Crippen LogP contribution >= 0.6 is 0 Å². The van der Waals surface area contributed by atoms with Crippen LogP contribution in [0.25, 0.3) is 0 Å². The van der Waals surface area contributed by atoms with Gasteiger partial charge in [-0.15, -0.1) is 0 Å². The van der Waals surface area contributed by atoms with Crippen LogP contribution in [0, 0.1) is 27.7 Å². The van der Waals surface area contributed by atoms with Crippen LogP contribution in [0.15, 0.2) is 0 Å². The molecule has 0 amide bonds. The summed E-state index contributed by atoms with van der Waals surface area (Å²) in [5.41, 5.74) is 2.71. The molecule has 6 nitrogen and oxygen atoms in total. The number of aromatic nitrogens is 4. The third kappa shape index (κ3) is 2.38. The molecule has 0 saturated heterocycles. The minimum atomic E-state index is 0.566. The maximum Gasteiger partial charge on any atom is 0.227 e. The molecule has 0 radical (unpaired) electrons. The second-order valence-corrected chi connectivity index (χ2v) is 4.53. The Morgan fingerprint density at radius 1 is 1.11 bits per heavy atom. The molecule has 0 aliphatic carbocycles. The number of hydrogen-bond donors (Lipinski definition) is 1. The summed E-state index contributed by atoms with van der Waals surface area (Å²) in [7, 11) is 3.73. The van der Waals surface area contributed by atoms with E-state index in [1.807, 2.05) is 41.8 Å². The Morgan fingerprint density at radius 2 is 1.79 bits per heavy atom. The van der Waals surface area contributed by atoms with Gasteiger partial charge in [-0.2, -0.15) is 10.1 Å². The topological polar surface area (TPSA) is 64.9 Å². The normalized spacial score (nSPS) is 10.6. The van der Waals surface area contributed by atoms with Crippen LogP contribution in [0.2, 0.25) is 0 Å². The van der Waals surface area contributed by atoms with Crippen molar-refractivity contribution in [2.24, 2.45) is 7.05 Å². The maximum absolute atomic E-state index is 5.94. The molecule has 0 aromatic carbocycles. The minimum Gasteiger partial charge on any atom is -0.435 e. The maximum atomic E-state index is 5.94. The molecule has 0 aliphatic heterocycles. The van der Waals surface area contributed by atoms with Gasteiger partial charge in [-0.05, 0) is 27.7 Å². The first-order chi connectivity index (χ1) is 8.93. The van der Waals surface area contributed by atoms with Crippen LogP contribution < -0.4 is 10.1 Å². The fraction of sp³-hybridized carbons (Fsp3) is 0.462. The van der Waals surface area contributed by atoms with Gasteiger partial charge >= 0.3 is 0 Å². The molecule has 0 saturated carbocycles. The molecule has 0 aliphatic rings. The fourth-order valence-corrected chi connectivity index (χ4v) is 1.94. The van der Waals surface area contributed by atoms with Crippen molar-refractivity contribution in [3.05, 3.63) is 22.8 Å². The summed E-state index contributed by atoms with van der Waals surface area (Å²) in [5, 5.41) is 7.38. The molecule has 0 atom stereocenters. The third-order valence-corrected chi connectivity index (χ3v) is 3.09. The van der Waals surface area contributed by atoms with Crippen molar-refractivity contribution in [1.82, 2.24) is 19.7 Å². The van der Waals surface area contributed by atoms with E-state index in [1.165, 1.54) is 0 Å². The summed E-state index contributed by atoms with van der Waals surface area (Å²) in [6.45, 7) is 7.67. The molecule has 6 heteroatoms. The lowest BCUT2D eigenvalue weighted by atomic mass is 10.3. The number of aryl methyl sites for hydroxylation is 3. The highest BCUT2D eigenvalue weighted by Crippen LogP contribution is 2.30. The van der Waals surface area contributed by atoms with Gasteiger partial charge in [0, 0.05) is 14.1 Å². The Hall–Kier alpha value is -2.11. The first-order valence-corrected chi connectivity index (χ1v) is 6.15. The van der Waals surface area contributed by atoms with Gasteiger partial charge < -0.3 is 10.1 Å². The van der Waals surface area contributed by atoms with E-state index in [-0.39, 0.29) is 0 Å². The van der Waals surface area contributed by atoms with Crippen molar-refractivity contribution in [1.29, 1.82) is 0 Å². The third-order valence-electron chi connectivity index (χ3n) is 3.09. The van der Waals surface area contributed by atoms with Crippen molar-refractivity contribution in [3.63, 3.8) is 0 Å². The van der Waals surface area contributed by atoms with Crippen molar-refractivity contribution in [2.45, 2.75) is 27.7 Å². The number of rotatable bonds is 3. The van der Waals surface area contributed by atoms with E-state index < -0.39 is 0 Å². The Labute approximate surface area is 112 Å². The predicted molar refractivity (Wildman–Crippen MR) is 73.8 cm³/mol. The van der Waals surface area contributed by atoms with E-state index in [9.17, 15) is 0 Å². The lowest BCUT2D eigenvalue weighted by Gasteiger charge is -2.11. The summed E-state index contributed by atoms with van der Waals surface area (Å²) < 4.78 is 7.74. The van der Waals surface area contributed by atoms with Crippen LogP contribution in [0.4, 0.5) is 5.82 Å². The first-order valence-electron chi connectivity index (χ1n) is 6.15. The average molecular weight is 261 g/mol. The molecule has 2 rings (SSSR count). The molecule has 2 heterocycles. The van der Waals surface area contributed by atoms with E-state index in [0.717, 1.165) is 28.5 Å². The van der Waals surface area contributed by atoms with Gasteiger partial charge in [0.05, 0.1) is 11.3 Å². The smallest absolute Gasteiger partial charge is 0.227 e. The average Bonchev–Trinajstić information content (AvgIpc) is 2.60. The summed E-state index contributed by atoms with van der Waals surface area (Å²) in [5.74, 6) is 2.77. The molecule has 2 aromatic heterocycles. The Bertz CT molecular complexity index is 618. The van der Waals surface area contributed by atoms with Crippen molar-refractivity contribution < 1.29 is 4.74 Å². The van der Waals surface area contributed by atoms with Gasteiger partial charge in [-0.1, -0.05) is 0 Å². The second kappa shape index (κ2) is 4.87. The molecule has 0 bridgehead atoms. The van der Waals surface area contributed by atoms with Crippen LogP contribution in [-0.2, 0) is 7.05 Å². The number of nitrogens with one attached hydrogen (secondary N) is 1. The number of anilines is 1. The largest absolute Gasteiger partial charge is 0.435 e. The van der Waals surface area contributed by atoms with Gasteiger partial charge in [0.1, 0.15) is 17.3 Å². The molecular weight excluding hydrogens is 242 g/mol. The molecule has 0 fully saturated rings. The lowest BCUT2D eigenvalue weighted by molar-refractivity contribution is 0.448. The Kier molecular flexibility index (Phi) is 3.42. The second-order valence-electron chi connectivity index (χ2n) is 4.53. The highest BCUT2D eigenvalue weighted by Gasteiger charge is 2.16. The quantitative estimate of drug-likeness (QED) is 0.918. The molecule has 19 heavy (non-hydrogen) atoms. The zero-order valence-electron chi connectivity index (χ0n) is 12.2. The van der Waals surface area contributed by atoms with Gasteiger partial charge in [0.25, 0.3) is 0 Å². The van der Waals surface area contributed by atoms with Gasteiger partial charge in [-0.25, -0.2) is 4.98 Å². The van der Waals surface area contributed by atoms with Crippen LogP contribution in [0.5, 0.6) is 11.6 Å². The lowest BCUT2D eigenvalue weighted by Crippen LogP contribution is -2.03. The Morgan fingerprint density at radius 3 is 2.32 bits per heavy atom. The standard InChI is InChI=1S/C13H19N5O/c1-7-12(14-5)15-10(4)16-13(7)19-11-8(2)17-18(6)9(11)3/h1-6H3,(H,14,15,16). The van der Waals surface area contributed by atoms with Crippen LogP contribution in [0.3, 0.4) is 0 Å².